The predicted octanol–water partition coefficient (Wildman–Crippen LogP) is 4.98. The molecule has 1 aliphatic heterocycles. The molecule has 0 aromatic heterocycles. The first-order chi connectivity index (χ1) is 15.6. The Balaban J connectivity index is 1.85. The summed E-state index contributed by atoms with van der Waals surface area (Å²) >= 11 is 0. The van der Waals surface area contributed by atoms with Gasteiger partial charge in [0.25, 0.3) is 11.6 Å². The van der Waals surface area contributed by atoms with E-state index in [1.54, 1.807) is 19.1 Å². The van der Waals surface area contributed by atoms with Crippen LogP contribution in [0.1, 0.15) is 45.1 Å². The number of nitrogens with one attached hydrogen (secondary N) is 2. The second kappa shape index (κ2) is 8.27. The quantitative estimate of drug-likeness (QED) is 0.507. The third-order valence-electron chi connectivity index (χ3n) is 6.02. The number of hydrogen-bond acceptors (Lipinski definition) is 5. The van der Waals surface area contributed by atoms with E-state index in [0.29, 0.717) is 35.4 Å². The second-order valence-electron chi connectivity index (χ2n) is 9.22. The van der Waals surface area contributed by atoms with Gasteiger partial charge in [0, 0.05) is 47.0 Å². The molecule has 0 fully saturated rings. The standard InChI is InChI=1S/C25H24FN3O4/c1-14-21(24(31)28-18-10-5-4-9-17(18)26)22(15-7-6-8-16(11-15)29(32)33)23-19(27-14)12-25(2,3)13-20(23)30/h4-11,22,27H,12-13H2,1-3H3,(H,28,31). The number of Topliss-reactive ketones (excluding diaryl/α,β-unsaturated/α-hetero) is 1. The molecule has 4 rings (SSSR count). The van der Waals surface area contributed by atoms with Gasteiger partial charge in [0.1, 0.15) is 5.82 Å². The van der Waals surface area contributed by atoms with Gasteiger partial charge in [-0.3, -0.25) is 19.7 Å². The first-order valence-electron chi connectivity index (χ1n) is 10.6. The first-order valence-corrected chi connectivity index (χ1v) is 10.6. The summed E-state index contributed by atoms with van der Waals surface area (Å²) in [6, 6.07) is 11.8. The van der Waals surface area contributed by atoms with E-state index >= 15 is 0 Å². The van der Waals surface area contributed by atoms with Crippen molar-refractivity contribution in [1.29, 1.82) is 0 Å². The summed E-state index contributed by atoms with van der Waals surface area (Å²) in [5.74, 6) is -2.09. The lowest BCUT2D eigenvalue weighted by atomic mass is 9.68. The highest BCUT2D eigenvalue weighted by atomic mass is 19.1. The number of non-ortho nitro benzene ring substituents is 1. The van der Waals surface area contributed by atoms with Gasteiger partial charge in [-0.1, -0.05) is 38.1 Å². The van der Waals surface area contributed by atoms with Crippen LogP contribution in [-0.4, -0.2) is 16.6 Å². The van der Waals surface area contributed by atoms with E-state index in [2.05, 4.69) is 10.6 Å². The predicted molar refractivity (Wildman–Crippen MR) is 122 cm³/mol. The molecule has 0 saturated heterocycles. The molecule has 1 heterocycles. The molecular weight excluding hydrogens is 425 g/mol. The molecule has 33 heavy (non-hydrogen) atoms. The van der Waals surface area contributed by atoms with Gasteiger partial charge < -0.3 is 10.6 Å². The van der Waals surface area contributed by atoms with Crippen LogP contribution in [0, 0.1) is 21.3 Å². The van der Waals surface area contributed by atoms with Crippen LogP contribution in [0.5, 0.6) is 0 Å². The van der Waals surface area contributed by atoms with Crippen LogP contribution in [0.25, 0.3) is 0 Å². The minimum absolute atomic E-state index is 0.0106. The fourth-order valence-electron chi connectivity index (χ4n) is 4.64. The molecule has 7 nitrogen and oxygen atoms in total. The average molecular weight is 449 g/mol. The maximum Gasteiger partial charge on any atom is 0.269 e. The third-order valence-corrected chi connectivity index (χ3v) is 6.02. The van der Waals surface area contributed by atoms with E-state index in [0.717, 1.165) is 0 Å². The SMILES string of the molecule is CC1=C(C(=O)Nc2ccccc2F)C(c2cccc([N+](=O)[O-])c2)C2=C(CC(C)(C)CC2=O)N1. The number of nitro groups is 1. The normalized spacial score (nSPS) is 19.6. The number of allylic oxidation sites excluding steroid dienone is 3. The number of nitrogens with zero attached hydrogens (tertiary/aromatic N) is 1. The molecule has 2 aromatic carbocycles. The molecule has 2 aromatic rings. The molecule has 8 heteroatoms. The minimum atomic E-state index is -0.809. The maximum absolute atomic E-state index is 14.2. The Labute approximate surface area is 190 Å². The number of amides is 1. The molecule has 170 valence electrons. The Morgan fingerprint density at radius 1 is 1.18 bits per heavy atom. The Bertz CT molecular complexity index is 1250. The molecule has 0 spiro atoms. The van der Waals surface area contributed by atoms with Gasteiger partial charge in [-0.15, -0.1) is 0 Å². The van der Waals surface area contributed by atoms with E-state index < -0.39 is 22.6 Å². The summed E-state index contributed by atoms with van der Waals surface area (Å²) < 4.78 is 14.2. The molecule has 1 amide bonds. The van der Waals surface area contributed by atoms with Crippen LogP contribution >= 0.6 is 0 Å². The highest BCUT2D eigenvalue weighted by molar-refractivity contribution is 6.10. The molecule has 1 aliphatic carbocycles. The Morgan fingerprint density at radius 2 is 1.91 bits per heavy atom. The van der Waals surface area contributed by atoms with Crippen molar-refractivity contribution in [3.63, 3.8) is 0 Å². The number of nitro benzene ring substituents is 1. The van der Waals surface area contributed by atoms with Crippen molar-refractivity contribution >= 4 is 23.1 Å². The maximum atomic E-state index is 14.2. The van der Waals surface area contributed by atoms with E-state index in [9.17, 15) is 24.1 Å². The topological polar surface area (TPSA) is 101 Å². The number of carbonyl (C=O) groups excluding carboxylic acids is 2. The number of carbonyl (C=O) groups is 2. The molecular formula is C25H24FN3O4. The Kier molecular flexibility index (Phi) is 5.61. The molecule has 2 N–H and O–H groups in total. The lowest BCUT2D eigenvalue weighted by molar-refractivity contribution is -0.384. The van der Waals surface area contributed by atoms with Crippen LogP contribution in [0.15, 0.2) is 71.1 Å². The van der Waals surface area contributed by atoms with Crippen LogP contribution in [-0.2, 0) is 9.59 Å². The van der Waals surface area contributed by atoms with Gasteiger partial charge in [-0.05, 0) is 36.5 Å². The number of benzene rings is 2. The molecule has 1 atom stereocenters. The summed E-state index contributed by atoms with van der Waals surface area (Å²) in [5.41, 5.74) is 1.97. The zero-order chi connectivity index (χ0) is 23.9. The largest absolute Gasteiger partial charge is 0.362 e. The summed E-state index contributed by atoms with van der Waals surface area (Å²) in [6.45, 7) is 5.72. The first kappa shape index (κ1) is 22.4. The van der Waals surface area contributed by atoms with Crippen LogP contribution in [0.3, 0.4) is 0 Å². The van der Waals surface area contributed by atoms with Gasteiger partial charge in [-0.25, -0.2) is 4.39 Å². The zero-order valence-corrected chi connectivity index (χ0v) is 18.6. The fourth-order valence-corrected chi connectivity index (χ4v) is 4.64. The average Bonchev–Trinajstić information content (AvgIpc) is 2.73. The van der Waals surface area contributed by atoms with E-state index in [-0.39, 0.29) is 28.1 Å². The third kappa shape index (κ3) is 4.28. The van der Waals surface area contributed by atoms with Gasteiger partial charge in [-0.2, -0.15) is 0 Å². The highest BCUT2D eigenvalue weighted by Crippen LogP contribution is 2.47. The molecule has 0 radical (unpaired) electrons. The van der Waals surface area contributed by atoms with Crippen molar-refractivity contribution in [3.05, 3.63) is 92.6 Å². The number of para-hydroxylation sites is 1. The van der Waals surface area contributed by atoms with Gasteiger partial charge in [0.15, 0.2) is 5.78 Å². The second-order valence-corrected chi connectivity index (χ2v) is 9.22. The smallest absolute Gasteiger partial charge is 0.269 e. The minimum Gasteiger partial charge on any atom is -0.362 e. The van der Waals surface area contributed by atoms with Crippen LogP contribution < -0.4 is 10.6 Å². The van der Waals surface area contributed by atoms with Crippen LogP contribution in [0.4, 0.5) is 15.8 Å². The van der Waals surface area contributed by atoms with Gasteiger partial charge in [0.05, 0.1) is 10.6 Å². The zero-order valence-electron chi connectivity index (χ0n) is 18.6. The summed E-state index contributed by atoms with van der Waals surface area (Å²) in [7, 11) is 0. The van der Waals surface area contributed by atoms with Crippen molar-refractivity contribution in [3.8, 4) is 0 Å². The summed E-state index contributed by atoms with van der Waals surface area (Å²) in [4.78, 5) is 37.6. The van der Waals surface area contributed by atoms with Crippen molar-refractivity contribution in [2.24, 2.45) is 5.41 Å². The van der Waals surface area contributed by atoms with Gasteiger partial charge >= 0.3 is 0 Å². The van der Waals surface area contributed by atoms with Crippen molar-refractivity contribution in [1.82, 2.24) is 5.32 Å². The lowest BCUT2D eigenvalue weighted by Crippen LogP contribution is -2.39. The van der Waals surface area contributed by atoms with Gasteiger partial charge in [0.2, 0.25) is 0 Å². The molecule has 1 unspecified atom stereocenters. The molecule has 0 saturated carbocycles. The summed E-state index contributed by atoms with van der Waals surface area (Å²) in [6.07, 6.45) is 0.888. The Hall–Kier alpha value is -3.81. The van der Waals surface area contributed by atoms with Crippen molar-refractivity contribution in [2.75, 3.05) is 5.32 Å². The number of hydrogen-bond donors (Lipinski definition) is 2. The number of halogens is 1. The van der Waals surface area contributed by atoms with E-state index in [1.807, 2.05) is 13.8 Å². The number of rotatable bonds is 4. The Morgan fingerprint density at radius 3 is 2.61 bits per heavy atom. The number of dihydropyridines is 1. The van der Waals surface area contributed by atoms with E-state index in [4.69, 9.17) is 0 Å². The molecule has 2 aliphatic rings. The number of anilines is 1. The van der Waals surface area contributed by atoms with Crippen molar-refractivity contribution in [2.45, 2.75) is 39.5 Å². The fraction of sp³-hybridized carbons (Fsp3) is 0.280. The number of ketones is 1. The lowest BCUT2D eigenvalue weighted by Gasteiger charge is -2.39. The van der Waals surface area contributed by atoms with E-state index in [1.165, 1.54) is 36.4 Å². The van der Waals surface area contributed by atoms with Crippen LogP contribution in [0.2, 0.25) is 0 Å². The summed E-state index contributed by atoms with van der Waals surface area (Å²) in [5, 5.41) is 17.2. The molecule has 0 bridgehead atoms. The van der Waals surface area contributed by atoms with Crippen molar-refractivity contribution < 1.29 is 18.9 Å². The monoisotopic (exact) mass is 449 g/mol. The highest BCUT2D eigenvalue weighted by Gasteiger charge is 2.43.